The van der Waals surface area contributed by atoms with Crippen LogP contribution >= 0.6 is 11.8 Å². The van der Waals surface area contributed by atoms with Crippen LogP contribution in [-0.2, 0) is 11.3 Å². The van der Waals surface area contributed by atoms with Crippen molar-refractivity contribution in [2.45, 2.75) is 23.4 Å². The molecule has 0 aliphatic heterocycles. The fourth-order valence-electron chi connectivity index (χ4n) is 1.86. The lowest BCUT2D eigenvalue weighted by atomic mass is 10.2. The second kappa shape index (κ2) is 8.12. The van der Waals surface area contributed by atoms with Crippen molar-refractivity contribution in [2.24, 2.45) is 0 Å². The average molecular weight is 306 g/mol. The van der Waals surface area contributed by atoms with Crippen LogP contribution in [-0.4, -0.2) is 25.2 Å². The zero-order valence-electron chi connectivity index (χ0n) is 12.2. The van der Waals surface area contributed by atoms with Gasteiger partial charge in [0.05, 0.1) is 6.61 Å². The lowest BCUT2D eigenvalue weighted by Crippen LogP contribution is -2.18. The van der Waals surface area contributed by atoms with E-state index in [4.69, 9.17) is 4.74 Å². The summed E-state index contributed by atoms with van der Waals surface area (Å²) in [6.07, 6.45) is 1.83. The Balaban J connectivity index is 2.01. The van der Waals surface area contributed by atoms with E-state index in [2.05, 4.69) is 16.4 Å². The van der Waals surface area contributed by atoms with Gasteiger partial charge >= 0.3 is 0 Å². The van der Waals surface area contributed by atoms with Crippen molar-refractivity contribution in [3.63, 3.8) is 0 Å². The number of hydrogen-bond donors (Lipinski definition) is 1. The third-order valence-corrected chi connectivity index (χ3v) is 4.11. The van der Waals surface area contributed by atoms with Gasteiger partial charge in [0.1, 0.15) is 10.8 Å². The van der Waals surface area contributed by atoms with Gasteiger partial charge in [-0.15, -0.1) is 0 Å². The molecule has 0 saturated heterocycles. The van der Waals surface area contributed by atoms with Crippen LogP contribution in [0.1, 0.15) is 11.1 Å². The minimum absolute atomic E-state index is 0.214. The van der Waals surface area contributed by atoms with Crippen LogP contribution in [0, 0.1) is 12.7 Å². The van der Waals surface area contributed by atoms with Crippen molar-refractivity contribution in [1.29, 1.82) is 0 Å². The number of pyridine rings is 1. The number of rotatable bonds is 7. The third-order valence-electron chi connectivity index (χ3n) is 2.94. The maximum absolute atomic E-state index is 13.7. The monoisotopic (exact) mass is 306 g/mol. The first-order valence-electron chi connectivity index (χ1n) is 6.78. The summed E-state index contributed by atoms with van der Waals surface area (Å²) in [5, 5.41) is 4.11. The molecule has 0 atom stereocenters. The Morgan fingerprint density at radius 1 is 1.33 bits per heavy atom. The van der Waals surface area contributed by atoms with E-state index in [0.717, 1.165) is 29.2 Å². The first kappa shape index (κ1) is 15.9. The van der Waals surface area contributed by atoms with Crippen LogP contribution in [0.3, 0.4) is 0 Å². The van der Waals surface area contributed by atoms with Crippen LogP contribution in [0.15, 0.2) is 46.5 Å². The van der Waals surface area contributed by atoms with Crippen LogP contribution in [0.5, 0.6) is 0 Å². The van der Waals surface area contributed by atoms with Crippen molar-refractivity contribution in [2.75, 3.05) is 20.3 Å². The molecular weight excluding hydrogens is 287 g/mol. The van der Waals surface area contributed by atoms with Crippen molar-refractivity contribution < 1.29 is 9.13 Å². The summed E-state index contributed by atoms with van der Waals surface area (Å²) >= 11 is 1.35. The quantitative estimate of drug-likeness (QED) is 0.795. The van der Waals surface area contributed by atoms with Gasteiger partial charge < -0.3 is 10.1 Å². The highest BCUT2D eigenvalue weighted by Crippen LogP contribution is 2.30. The largest absolute Gasteiger partial charge is 0.383 e. The number of nitrogens with one attached hydrogen (secondary N) is 1. The lowest BCUT2D eigenvalue weighted by Gasteiger charge is -2.09. The zero-order valence-corrected chi connectivity index (χ0v) is 13.0. The van der Waals surface area contributed by atoms with Crippen LogP contribution in [0.4, 0.5) is 4.39 Å². The topological polar surface area (TPSA) is 34.1 Å². The zero-order chi connectivity index (χ0) is 15.1. The molecule has 0 amide bonds. The Kier molecular flexibility index (Phi) is 6.17. The fraction of sp³-hybridized carbons (Fsp3) is 0.312. The second-order valence-electron chi connectivity index (χ2n) is 4.67. The number of aromatic nitrogens is 1. The highest BCUT2D eigenvalue weighted by Gasteiger charge is 2.07. The highest BCUT2D eigenvalue weighted by atomic mass is 32.2. The van der Waals surface area contributed by atoms with E-state index in [1.807, 2.05) is 19.2 Å². The van der Waals surface area contributed by atoms with E-state index >= 15 is 0 Å². The van der Waals surface area contributed by atoms with Gasteiger partial charge in [0.25, 0.3) is 0 Å². The lowest BCUT2D eigenvalue weighted by molar-refractivity contribution is 0.199. The Bertz CT molecular complexity index is 592. The molecule has 1 aromatic carbocycles. The van der Waals surface area contributed by atoms with E-state index < -0.39 is 0 Å². The summed E-state index contributed by atoms with van der Waals surface area (Å²) in [6.45, 7) is 4.24. The molecule has 0 spiro atoms. The minimum Gasteiger partial charge on any atom is -0.383 e. The molecule has 0 aliphatic carbocycles. The number of aryl methyl sites for hydroxylation is 1. The van der Waals surface area contributed by atoms with Crippen molar-refractivity contribution in [1.82, 2.24) is 10.3 Å². The maximum atomic E-state index is 13.7. The maximum Gasteiger partial charge on any atom is 0.137 e. The highest BCUT2D eigenvalue weighted by molar-refractivity contribution is 7.99. The number of halogens is 1. The van der Waals surface area contributed by atoms with Gasteiger partial charge in [-0.25, -0.2) is 9.37 Å². The van der Waals surface area contributed by atoms with E-state index in [-0.39, 0.29) is 5.82 Å². The molecule has 0 fully saturated rings. The van der Waals surface area contributed by atoms with Crippen molar-refractivity contribution in [3.8, 4) is 0 Å². The number of nitrogens with zero attached hydrogens (tertiary/aromatic N) is 1. The number of ether oxygens (including phenoxy) is 1. The molecule has 0 bridgehead atoms. The first-order chi connectivity index (χ1) is 10.2. The van der Waals surface area contributed by atoms with E-state index in [0.29, 0.717) is 11.5 Å². The Hall–Kier alpha value is -1.43. The average Bonchev–Trinajstić information content (AvgIpc) is 2.48. The number of methoxy groups -OCH3 is 1. The molecule has 112 valence electrons. The Morgan fingerprint density at radius 2 is 2.14 bits per heavy atom. The normalized spacial score (nSPS) is 10.8. The minimum atomic E-state index is -0.214. The molecule has 0 saturated carbocycles. The standard InChI is InChI=1S/C16H19FN2OS/c1-12-9-13(10-18-7-8-20-2)11-19-16(12)21-15-6-4-3-5-14(15)17/h3-6,9,11,18H,7-8,10H2,1-2H3. The summed E-state index contributed by atoms with van der Waals surface area (Å²) in [7, 11) is 1.68. The summed E-state index contributed by atoms with van der Waals surface area (Å²) in [6, 6.07) is 8.83. The van der Waals surface area contributed by atoms with Crippen LogP contribution < -0.4 is 5.32 Å². The van der Waals surface area contributed by atoms with Gasteiger partial charge in [0.2, 0.25) is 0 Å². The number of benzene rings is 1. The molecule has 2 aromatic rings. The molecule has 0 unspecified atom stereocenters. The number of hydrogen-bond acceptors (Lipinski definition) is 4. The predicted molar refractivity (Wildman–Crippen MR) is 83.1 cm³/mol. The first-order valence-corrected chi connectivity index (χ1v) is 7.60. The summed E-state index contributed by atoms with van der Waals surface area (Å²) in [5.74, 6) is -0.214. The molecule has 5 heteroatoms. The molecule has 2 rings (SSSR count). The molecule has 3 nitrogen and oxygen atoms in total. The molecule has 0 aliphatic rings. The van der Waals surface area contributed by atoms with Gasteiger partial charge in [0.15, 0.2) is 0 Å². The van der Waals surface area contributed by atoms with Crippen molar-refractivity contribution >= 4 is 11.8 Å². The van der Waals surface area contributed by atoms with Gasteiger partial charge in [-0.05, 0) is 30.2 Å². The van der Waals surface area contributed by atoms with Crippen LogP contribution in [0.25, 0.3) is 0 Å². The summed E-state index contributed by atoms with van der Waals surface area (Å²) in [4.78, 5) is 5.03. The fourth-order valence-corrected chi connectivity index (χ4v) is 2.71. The van der Waals surface area contributed by atoms with Gasteiger partial charge in [-0.2, -0.15) is 0 Å². The Labute approximate surface area is 128 Å². The molecule has 21 heavy (non-hydrogen) atoms. The molecule has 1 aromatic heterocycles. The third kappa shape index (κ3) is 4.81. The van der Waals surface area contributed by atoms with Gasteiger partial charge in [-0.3, -0.25) is 0 Å². The van der Waals surface area contributed by atoms with E-state index in [9.17, 15) is 4.39 Å². The molecular formula is C16H19FN2OS. The van der Waals surface area contributed by atoms with Gasteiger partial charge in [0, 0.05) is 31.3 Å². The van der Waals surface area contributed by atoms with Gasteiger partial charge in [-0.1, -0.05) is 30.0 Å². The van der Waals surface area contributed by atoms with E-state index in [1.165, 1.54) is 17.8 Å². The summed E-state index contributed by atoms with van der Waals surface area (Å²) in [5.41, 5.74) is 2.16. The molecule has 1 N–H and O–H groups in total. The smallest absolute Gasteiger partial charge is 0.137 e. The molecule has 1 heterocycles. The second-order valence-corrected chi connectivity index (χ2v) is 5.70. The predicted octanol–water partition coefficient (Wildman–Crippen LogP) is 3.42. The van der Waals surface area contributed by atoms with Crippen molar-refractivity contribution in [3.05, 3.63) is 53.5 Å². The SMILES string of the molecule is COCCNCc1cnc(Sc2ccccc2F)c(C)c1. The summed E-state index contributed by atoms with van der Waals surface area (Å²) < 4.78 is 18.6. The molecule has 0 radical (unpaired) electrons. The van der Waals surface area contributed by atoms with Crippen LogP contribution in [0.2, 0.25) is 0 Å². The Morgan fingerprint density at radius 3 is 2.86 bits per heavy atom. The van der Waals surface area contributed by atoms with E-state index in [1.54, 1.807) is 19.2 Å².